The van der Waals surface area contributed by atoms with E-state index in [2.05, 4.69) is 10.3 Å². The molecule has 2 rings (SSSR count). The average Bonchev–Trinajstić information content (AvgIpc) is 2.39. The molecule has 4 nitrogen and oxygen atoms in total. The highest BCUT2D eigenvalue weighted by Gasteiger charge is 2.24. The molecule has 18 heavy (non-hydrogen) atoms. The highest BCUT2D eigenvalue weighted by Crippen LogP contribution is 2.18. The number of amides is 1. The average molecular weight is 251 g/mol. The molecule has 1 aliphatic heterocycles. The highest BCUT2D eigenvalue weighted by molar-refractivity contribution is 5.93. The summed E-state index contributed by atoms with van der Waals surface area (Å²) in [5, 5.41) is 3.14. The van der Waals surface area contributed by atoms with Crippen molar-refractivity contribution in [1.29, 1.82) is 0 Å². The predicted molar refractivity (Wildman–Crippen MR) is 66.7 cm³/mol. The van der Waals surface area contributed by atoms with Crippen LogP contribution in [0.15, 0.2) is 18.5 Å². The molecule has 5 heteroatoms. The predicted octanol–water partition coefficient (Wildman–Crippen LogP) is 1.29. The fourth-order valence-corrected chi connectivity index (χ4v) is 2.42. The lowest BCUT2D eigenvalue weighted by molar-refractivity contribution is 0.0673. The fourth-order valence-electron chi connectivity index (χ4n) is 2.42. The first-order chi connectivity index (χ1) is 8.70. The van der Waals surface area contributed by atoms with E-state index in [1.807, 2.05) is 7.05 Å². The van der Waals surface area contributed by atoms with Crippen molar-refractivity contribution >= 4 is 5.91 Å². The Hall–Kier alpha value is -1.49. The van der Waals surface area contributed by atoms with E-state index in [1.54, 1.807) is 4.90 Å². The summed E-state index contributed by atoms with van der Waals surface area (Å²) in [6, 6.07) is 1.25. The summed E-state index contributed by atoms with van der Waals surface area (Å²) in [5.41, 5.74) is 0.333. The van der Waals surface area contributed by atoms with Crippen molar-refractivity contribution in [2.24, 2.45) is 5.92 Å². The van der Waals surface area contributed by atoms with Gasteiger partial charge in [0.1, 0.15) is 5.82 Å². The second-order valence-corrected chi connectivity index (χ2v) is 4.71. The molecule has 1 amide bonds. The van der Waals surface area contributed by atoms with Crippen LogP contribution in [0.4, 0.5) is 4.39 Å². The third-order valence-electron chi connectivity index (χ3n) is 3.25. The summed E-state index contributed by atoms with van der Waals surface area (Å²) in [5.74, 6) is -0.110. The van der Waals surface area contributed by atoms with Crippen molar-refractivity contribution in [3.05, 3.63) is 29.8 Å². The maximum atomic E-state index is 13.0. The normalized spacial score (nSPS) is 19.9. The number of aromatic nitrogens is 1. The largest absolute Gasteiger partial charge is 0.338 e. The molecule has 1 atom stereocenters. The van der Waals surface area contributed by atoms with E-state index in [-0.39, 0.29) is 5.91 Å². The number of hydrogen-bond acceptors (Lipinski definition) is 3. The summed E-state index contributed by atoms with van der Waals surface area (Å²) >= 11 is 0. The molecule has 1 aromatic heterocycles. The van der Waals surface area contributed by atoms with Crippen LogP contribution in [0.1, 0.15) is 23.2 Å². The minimum absolute atomic E-state index is 0.122. The summed E-state index contributed by atoms with van der Waals surface area (Å²) in [4.78, 5) is 17.7. The minimum atomic E-state index is -0.468. The Balaban J connectivity index is 2.04. The molecule has 0 aromatic carbocycles. The van der Waals surface area contributed by atoms with Crippen LogP contribution >= 0.6 is 0 Å². The maximum Gasteiger partial charge on any atom is 0.255 e. The van der Waals surface area contributed by atoms with Crippen LogP contribution in [0.2, 0.25) is 0 Å². The number of halogens is 1. The summed E-state index contributed by atoms with van der Waals surface area (Å²) < 4.78 is 13.0. The van der Waals surface area contributed by atoms with Crippen LogP contribution in [0.25, 0.3) is 0 Å². The summed E-state index contributed by atoms with van der Waals surface area (Å²) in [6.07, 6.45) is 4.66. The monoisotopic (exact) mass is 251 g/mol. The Morgan fingerprint density at radius 3 is 3.17 bits per heavy atom. The van der Waals surface area contributed by atoms with Gasteiger partial charge in [-0.05, 0) is 38.4 Å². The lowest BCUT2D eigenvalue weighted by atomic mass is 9.97. The minimum Gasteiger partial charge on any atom is -0.338 e. The van der Waals surface area contributed by atoms with Gasteiger partial charge in [-0.1, -0.05) is 0 Å². The van der Waals surface area contributed by atoms with Gasteiger partial charge in [-0.15, -0.1) is 0 Å². The molecule has 0 bridgehead atoms. The van der Waals surface area contributed by atoms with Crippen molar-refractivity contribution < 1.29 is 9.18 Å². The Kier molecular flexibility index (Phi) is 4.25. The van der Waals surface area contributed by atoms with Crippen LogP contribution in [0.3, 0.4) is 0 Å². The first-order valence-corrected chi connectivity index (χ1v) is 6.25. The lowest BCUT2D eigenvalue weighted by Gasteiger charge is -2.32. The van der Waals surface area contributed by atoms with E-state index in [0.29, 0.717) is 11.5 Å². The fraction of sp³-hybridized carbons (Fsp3) is 0.538. The lowest BCUT2D eigenvalue weighted by Crippen LogP contribution is -2.42. The van der Waals surface area contributed by atoms with Gasteiger partial charge in [0.05, 0.1) is 11.8 Å². The number of rotatable bonds is 3. The van der Waals surface area contributed by atoms with E-state index < -0.39 is 5.82 Å². The molecule has 0 radical (unpaired) electrons. The van der Waals surface area contributed by atoms with Gasteiger partial charge in [-0.2, -0.15) is 0 Å². The highest BCUT2D eigenvalue weighted by atomic mass is 19.1. The van der Waals surface area contributed by atoms with Gasteiger partial charge in [0, 0.05) is 19.3 Å². The molecular weight excluding hydrogens is 233 g/mol. The van der Waals surface area contributed by atoms with Gasteiger partial charge in [0.15, 0.2) is 0 Å². The van der Waals surface area contributed by atoms with Crippen LogP contribution in [-0.4, -0.2) is 42.5 Å². The SMILES string of the molecule is CNC[C@@H]1CCCN(C(=O)c2cncc(F)c2)C1. The number of likely N-dealkylation sites (tertiary alicyclic amines) is 1. The molecular formula is C13H18FN3O. The molecule has 1 saturated heterocycles. The van der Waals surface area contributed by atoms with Gasteiger partial charge < -0.3 is 10.2 Å². The van der Waals surface area contributed by atoms with Crippen LogP contribution < -0.4 is 5.32 Å². The molecule has 1 aromatic rings. The van der Waals surface area contributed by atoms with Crippen molar-refractivity contribution in [3.63, 3.8) is 0 Å². The van der Waals surface area contributed by atoms with Gasteiger partial charge in [-0.25, -0.2) is 4.39 Å². The Morgan fingerprint density at radius 1 is 1.61 bits per heavy atom. The second-order valence-electron chi connectivity index (χ2n) is 4.71. The molecule has 0 spiro atoms. The number of carbonyl (C=O) groups is 1. The Bertz CT molecular complexity index is 422. The smallest absolute Gasteiger partial charge is 0.255 e. The Labute approximate surface area is 106 Å². The van der Waals surface area contributed by atoms with Crippen LogP contribution in [0.5, 0.6) is 0 Å². The zero-order valence-electron chi connectivity index (χ0n) is 10.5. The molecule has 0 aliphatic carbocycles. The van der Waals surface area contributed by atoms with Crippen molar-refractivity contribution in [3.8, 4) is 0 Å². The zero-order chi connectivity index (χ0) is 13.0. The van der Waals surface area contributed by atoms with Crippen molar-refractivity contribution in [1.82, 2.24) is 15.2 Å². The van der Waals surface area contributed by atoms with Crippen molar-refractivity contribution in [2.75, 3.05) is 26.7 Å². The number of nitrogens with zero attached hydrogens (tertiary/aromatic N) is 2. The molecule has 0 saturated carbocycles. The van der Waals surface area contributed by atoms with Gasteiger partial charge >= 0.3 is 0 Å². The summed E-state index contributed by atoms with van der Waals surface area (Å²) in [7, 11) is 1.91. The Morgan fingerprint density at radius 2 is 2.44 bits per heavy atom. The number of nitrogens with one attached hydrogen (secondary N) is 1. The van der Waals surface area contributed by atoms with Gasteiger partial charge in [0.2, 0.25) is 0 Å². The van der Waals surface area contributed by atoms with Crippen molar-refractivity contribution in [2.45, 2.75) is 12.8 Å². The molecule has 1 aliphatic rings. The number of carbonyl (C=O) groups excluding carboxylic acids is 1. The van der Waals surface area contributed by atoms with E-state index in [1.165, 1.54) is 12.3 Å². The molecule has 1 N–H and O–H groups in total. The third-order valence-corrected chi connectivity index (χ3v) is 3.25. The summed E-state index contributed by atoms with van der Waals surface area (Å²) in [6.45, 7) is 2.39. The molecule has 2 heterocycles. The number of piperidine rings is 1. The van der Waals surface area contributed by atoms with E-state index in [4.69, 9.17) is 0 Å². The zero-order valence-corrected chi connectivity index (χ0v) is 10.5. The first kappa shape index (κ1) is 13.0. The van der Waals surface area contributed by atoms with E-state index in [9.17, 15) is 9.18 Å². The first-order valence-electron chi connectivity index (χ1n) is 6.25. The van der Waals surface area contributed by atoms with E-state index in [0.717, 1.165) is 38.7 Å². The molecule has 98 valence electrons. The quantitative estimate of drug-likeness (QED) is 0.880. The van der Waals surface area contributed by atoms with Gasteiger partial charge in [-0.3, -0.25) is 9.78 Å². The molecule has 0 unspecified atom stereocenters. The molecule has 1 fully saturated rings. The van der Waals surface area contributed by atoms with Gasteiger partial charge in [0.25, 0.3) is 5.91 Å². The number of hydrogen-bond donors (Lipinski definition) is 1. The second kappa shape index (κ2) is 5.91. The van der Waals surface area contributed by atoms with Crippen LogP contribution in [0, 0.1) is 11.7 Å². The third kappa shape index (κ3) is 3.04. The topological polar surface area (TPSA) is 45.2 Å². The standard InChI is InChI=1S/C13H18FN3O/c1-15-6-10-3-2-4-17(9-10)13(18)11-5-12(14)8-16-7-11/h5,7-8,10,15H,2-4,6,9H2,1H3/t10-/m0/s1. The van der Waals surface area contributed by atoms with E-state index >= 15 is 0 Å². The van der Waals surface area contributed by atoms with Crippen LogP contribution in [-0.2, 0) is 0 Å². The maximum absolute atomic E-state index is 13.0. The number of pyridine rings is 1.